The van der Waals surface area contributed by atoms with E-state index in [4.69, 9.17) is 0 Å². The van der Waals surface area contributed by atoms with Gasteiger partial charge in [0.2, 0.25) is 5.91 Å². The van der Waals surface area contributed by atoms with E-state index in [2.05, 4.69) is 18.3 Å². The number of carbonyl (C=O) groups is 2. The zero-order valence-electron chi connectivity index (χ0n) is 14.5. The Labute approximate surface area is 152 Å². The fraction of sp³-hybridized carbons (Fsp3) is 0.632. The normalized spacial score (nSPS) is 25.7. The van der Waals surface area contributed by atoms with E-state index in [1.807, 2.05) is 0 Å². The van der Waals surface area contributed by atoms with E-state index in [0.717, 1.165) is 44.1 Å². The highest BCUT2D eigenvalue weighted by Gasteiger charge is 2.36. The van der Waals surface area contributed by atoms with Gasteiger partial charge in [-0.15, -0.1) is 11.3 Å². The summed E-state index contributed by atoms with van der Waals surface area (Å²) in [6.45, 7) is 2.19. The van der Waals surface area contributed by atoms with Crippen molar-refractivity contribution < 1.29 is 14.7 Å². The van der Waals surface area contributed by atoms with Gasteiger partial charge in [-0.1, -0.05) is 26.2 Å². The Morgan fingerprint density at radius 1 is 1.28 bits per heavy atom. The molecule has 3 rings (SSSR count). The lowest BCUT2D eigenvalue weighted by molar-refractivity contribution is -0.147. The first kappa shape index (κ1) is 17.9. The number of carboxylic acid groups (broad SMARTS) is 1. The van der Waals surface area contributed by atoms with Crippen LogP contribution in [-0.4, -0.2) is 17.0 Å². The van der Waals surface area contributed by atoms with Crippen LogP contribution < -0.4 is 5.32 Å². The minimum absolute atomic E-state index is 0.241. The van der Waals surface area contributed by atoms with Gasteiger partial charge in [0.15, 0.2) is 0 Å². The van der Waals surface area contributed by atoms with E-state index in [0.29, 0.717) is 29.3 Å². The number of carboxylic acids is 1. The predicted octanol–water partition coefficient (Wildman–Crippen LogP) is 3.96. The number of nitrogens with one attached hydrogen (secondary N) is 1. The second-order valence-corrected chi connectivity index (χ2v) is 8.27. The van der Waals surface area contributed by atoms with Crippen molar-refractivity contribution in [3.05, 3.63) is 16.0 Å². The number of carbonyl (C=O) groups excluding carboxylic acids is 1. The van der Waals surface area contributed by atoms with Crippen LogP contribution in [0.1, 0.15) is 61.5 Å². The number of aliphatic carboxylic acids is 1. The van der Waals surface area contributed by atoms with Crippen LogP contribution in [0.3, 0.4) is 0 Å². The number of nitrogens with zero attached hydrogens (tertiary/aromatic N) is 1. The number of amides is 1. The molecule has 0 radical (unpaired) electrons. The number of anilines is 1. The summed E-state index contributed by atoms with van der Waals surface area (Å²) in [4.78, 5) is 25.4. The molecule has 1 fully saturated rings. The maximum absolute atomic E-state index is 12.7. The average molecular weight is 360 g/mol. The SMILES string of the molecule is CC[C@H]1CCc2c(sc(NC(=O)[C@@H]3CCCC[C@@H]3C(=O)O)c2C#N)C1. The lowest BCUT2D eigenvalue weighted by Gasteiger charge is -2.27. The van der Waals surface area contributed by atoms with E-state index in [1.165, 1.54) is 16.2 Å². The first-order chi connectivity index (χ1) is 12.0. The fourth-order valence-corrected chi connectivity index (χ4v) is 5.47. The monoisotopic (exact) mass is 360 g/mol. The van der Waals surface area contributed by atoms with Crippen LogP contribution in [0.4, 0.5) is 5.00 Å². The molecule has 1 saturated carbocycles. The molecule has 0 unspecified atom stereocenters. The number of hydrogen-bond donors (Lipinski definition) is 2. The van der Waals surface area contributed by atoms with E-state index in [9.17, 15) is 20.0 Å². The molecular formula is C19H24N2O3S. The van der Waals surface area contributed by atoms with Crippen molar-refractivity contribution in [3.8, 4) is 6.07 Å². The van der Waals surface area contributed by atoms with Crippen molar-refractivity contribution in [1.29, 1.82) is 5.26 Å². The molecule has 0 aromatic carbocycles. The van der Waals surface area contributed by atoms with Gasteiger partial charge >= 0.3 is 5.97 Å². The molecule has 0 saturated heterocycles. The van der Waals surface area contributed by atoms with Crippen molar-refractivity contribution in [2.45, 2.75) is 58.3 Å². The van der Waals surface area contributed by atoms with Crippen LogP contribution in [-0.2, 0) is 22.4 Å². The topological polar surface area (TPSA) is 90.2 Å². The van der Waals surface area contributed by atoms with Gasteiger partial charge in [-0.05, 0) is 43.6 Å². The first-order valence-electron chi connectivity index (χ1n) is 9.13. The second-order valence-electron chi connectivity index (χ2n) is 7.16. The maximum atomic E-state index is 12.7. The Morgan fingerprint density at radius 3 is 2.64 bits per heavy atom. The van der Waals surface area contributed by atoms with Gasteiger partial charge in [0.25, 0.3) is 0 Å². The van der Waals surface area contributed by atoms with Crippen LogP contribution >= 0.6 is 11.3 Å². The quantitative estimate of drug-likeness (QED) is 0.850. The summed E-state index contributed by atoms with van der Waals surface area (Å²) in [6, 6.07) is 2.26. The molecule has 2 aliphatic rings. The summed E-state index contributed by atoms with van der Waals surface area (Å²) in [7, 11) is 0. The van der Waals surface area contributed by atoms with Crippen molar-refractivity contribution in [1.82, 2.24) is 0 Å². The molecule has 6 heteroatoms. The fourth-order valence-electron chi connectivity index (χ4n) is 4.15. The van der Waals surface area contributed by atoms with Crippen molar-refractivity contribution in [2.24, 2.45) is 17.8 Å². The summed E-state index contributed by atoms with van der Waals surface area (Å²) in [5.74, 6) is -1.60. The highest BCUT2D eigenvalue weighted by atomic mass is 32.1. The number of hydrogen-bond acceptors (Lipinski definition) is 4. The first-order valence-corrected chi connectivity index (χ1v) is 9.95. The van der Waals surface area contributed by atoms with Gasteiger partial charge < -0.3 is 10.4 Å². The minimum Gasteiger partial charge on any atom is -0.481 e. The summed E-state index contributed by atoms with van der Waals surface area (Å²) >= 11 is 1.51. The summed E-state index contributed by atoms with van der Waals surface area (Å²) in [6.07, 6.45) is 6.98. The van der Waals surface area contributed by atoms with Crippen LogP contribution in [0, 0.1) is 29.1 Å². The van der Waals surface area contributed by atoms with Crippen LogP contribution in [0.15, 0.2) is 0 Å². The van der Waals surface area contributed by atoms with Gasteiger partial charge in [0, 0.05) is 4.88 Å². The Balaban J connectivity index is 1.81. The zero-order valence-corrected chi connectivity index (χ0v) is 15.3. The molecule has 0 bridgehead atoms. The second kappa shape index (κ2) is 7.57. The Morgan fingerprint density at radius 2 is 2.00 bits per heavy atom. The Bertz CT molecular complexity index is 719. The van der Waals surface area contributed by atoms with Gasteiger partial charge in [-0.3, -0.25) is 9.59 Å². The van der Waals surface area contributed by atoms with E-state index in [1.54, 1.807) is 0 Å². The smallest absolute Gasteiger partial charge is 0.307 e. The number of thiophene rings is 1. The molecule has 1 aromatic heterocycles. The molecule has 1 aromatic rings. The third kappa shape index (κ3) is 3.57. The summed E-state index contributed by atoms with van der Waals surface area (Å²) < 4.78 is 0. The highest BCUT2D eigenvalue weighted by molar-refractivity contribution is 7.16. The summed E-state index contributed by atoms with van der Waals surface area (Å²) in [5.41, 5.74) is 1.68. The van der Waals surface area contributed by atoms with Crippen LogP contribution in [0.5, 0.6) is 0 Å². The van der Waals surface area contributed by atoms with Gasteiger partial charge in [-0.2, -0.15) is 5.26 Å². The lowest BCUT2D eigenvalue weighted by Crippen LogP contribution is -2.36. The van der Waals surface area contributed by atoms with Gasteiger partial charge in [0.1, 0.15) is 11.1 Å². The standard InChI is InChI=1S/C19H24N2O3S/c1-2-11-7-8-12-15(10-20)18(25-16(12)9-11)21-17(22)13-5-3-4-6-14(13)19(23)24/h11,13-14H,2-9H2,1H3,(H,21,22)(H,23,24)/t11-,13+,14-/m0/s1. The number of nitriles is 1. The van der Waals surface area contributed by atoms with Gasteiger partial charge in [0.05, 0.1) is 17.4 Å². The van der Waals surface area contributed by atoms with Crippen molar-refractivity contribution in [2.75, 3.05) is 5.32 Å². The molecule has 2 aliphatic carbocycles. The molecule has 5 nitrogen and oxygen atoms in total. The van der Waals surface area contributed by atoms with Crippen LogP contribution in [0.25, 0.3) is 0 Å². The average Bonchev–Trinajstić information content (AvgIpc) is 2.97. The maximum Gasteiger partial charge on any atom is 0.307 e. The molecule has 0 aliphatic heterocycles. The zero-order chi connectivity index (χ0) is 18.0. The van der Waals surface area contributed by atoms with Crippen LogP contribution in [0.2, 0.25) is 0 Å². The molecule has 134 valence electrons. The molecule has 3 atom stereocenters. The Hall–Kier alpha value is -1.87. The molecule has 1 heterocycles. The number of rotatable bonds is 4. The molecule has 25 heavy (non-hydrogen) atoms. The van der Waals surface area contributed by atoms with Crippen molar-refractivity contribution in [3.63, 3.8) is 0 Å². The molecule has 2 N–H and O–H groups in total. The van der Waals surface area contributed by atoms with E-state index < -0.39 is 17.8 Å². The third-order valence-electron chi connectivity index (χ3n) is 5.71. The van der Waals surface area contributed by atoms with E-state index in [-0.39, 0.29) is 5.91 Å². The summed E-state index contributed by atoms with van der Waals surface area (Å²) in [5, 5.41) is 22.5. The molecule has 0 spiro atoms. The minimum atomic E-state index is -0.892. The predicted molar refractivity (Wildman–Crippen MR) is 96.6 cm³/mol. The number of fused-ring (bicyclic) bond motifs is 1. The largest absolute Gasteiger partial charge is 0.481 e. The molecular weight excluding hydrogens is 336 g/mol. The van der Waals surface area contributed by atoms with E-state index >= 15 is 0 Å². The lowest BCUT2D eigenvalue weighted by atomic mass is 9.78. The third-order valence-corrected chi connectivity index (χ3v) is 6.88. The Kier molecular flexibility index (Phi) is 5.43. The van der Waals surface area contributed by atoms with Crippen molar-refractivity contribution >= 4 is 28.2 Å². The molecule has 1 amide bonds. The highest BCUT2D eigenvalue weighted by Crippen LogP contribution is 2.41. The van der Waals surface area contributed by atoms with Gasteiger partial charge in [-0.25, -0.2) is 0 Å².